The Labute approximate surface area is 148 Å². The number of hydrogen-bond donors (Lipinski definition) is 0. The van der Waals surface area contributed by atoms with Gasteiger partial charge in [0.05, 0.1) is 0 Å². The van der Waals surface area contributed by atoms with Crippen LogP contribution in [0.5, 0.6) is 0 Å². The van der Waals surface area contributed by atoms with Crippen LogP contribution in [0, 0.1) is 0 Å². The summed E-state index contributed by atoms with van der Waals surface area (Å²) in [4.78, 5) is 0. The van der Waals surface area contributed by atoms with Gasteiger partial charge in [-0.3, -0.25) is 0 Å². The molecule has 0 atom stereocenters. The van der Waals surface area contributed by atoms with Crippen LogP contribution >= 0.6 is 0 Å². The van der Waals surface area contributed by atoms with Crippen LogP contribution in [0.1, 0.15) is 0 Å². The van der Waals surface area contributed by atoms with Crippen LogP contribution in [0.25, 0.3) is 0 Å². The first-order chi connectivity index (χ1) is 0. The third-order valence-electron chi connectivity index (χ3n) is 0. The van der Waals surface area contributed by atoms with E-state index >= 15 is 0 Å². The van der Waals surface area contributed by atoms with Crippen LogP contribution in [0.3, 0.4) is 0 Å². The van der Waals surface area contributed by atoms with Gasteiger partial charge < -0.3 is 0 Å². The Morgan fingerprint density at radius 1 is 0.286 bits per heavy atom. The fraction of sp³-hybridized carbons (Fsp3) is 0. The molecule has 0 saturated heterocycles. The summed E-state index contributed by atoms with van der Waals surface area (Å²) in [7, 11) is 0. The van der Waals surface area contributed by atoms with Crippen molar-refractivity contribution in [3.05, 3.63) is 0 Å². The van der Waals surface area contributed by atoms with Crippen molar-refractivity contribution in [3.63, 3.8) is 0 Å². The van der Waals surface area contributed by atoms with Crippen molar-refractivity contribution in [1.82, 2.24) is 0 Å². The van der Waals surface area contributed by atoms with Crippen molar-refractivity contribution >= 4 is 73.3 Å². The zero-order valence-electron chi connectivity index (χ0n) is 4.17. The van der Waals surface area contributed by atoms with Crippen molar-refractivity contribution in [2.24, 2.45) is 0 Å². The molecule has 0 aromatic rings. The van der Waals surface area contributed by atoms with E-state index in [2.05, 4.69) is 0 Å². The van der Waals surface area contributed by atoms with Crippen LogP contribution < -0.4 is 0 Å². The molecule has 0 aliphatic carbocycles. The van der Waals surface area contributed by atoms with E-state index in [-0.39, 0.29) is 151 Å². The summed E-state index contributed by atoms with van der Waals surface area (Å²) in [6.07, 6.45) is 0. The van der Waals surface area contributed by atoms with Gasteiger partial charge in [-0.1, -0.05) is 0 Å². The first kappa shape index (κ1) is 58.5. The molecular formula is Sb3Zn4. The SMILES string of the molecule is [Sb].[Sb].[Sb].[Zn].[Zn].[Zn].[Zn]. The third kappa shape index (κ3) is 35.8. The number of hydrogen-bond acceptors (Lipinski definition) is 0. The first-order valence-electron chi connectivity index (χ1n) is 0. The molecule has 0 amide bonds. The van der Waals surface area contributed by atoms with E-state index in [4.69, 9.17) is 0 Å². The summed E-state index contributed by atoms with van der Waals surface area (Å²) in [5.74, 6) is 0. The van der Waals surface area contributed by atoms with Gasteiger partial charge in [0, 0.05) is 151 Å². The molecular weight excluding hydrogens is 627 g/mol. The normalized spacial score (nSPS) is 0. The molecule has 0 aliphatic rings. The van der Waals surface area contributed by atoms with E-state index in [9.17, 15) is 0 Å². The molecule has 23 valence electrons. The maximum absolute atomic E-state index is 0. The maximum Gasteiger partial charge on any atom is 0 e. The Kier molecular flexibility index (Phi) is 370. The van der Waals surface area contributed by atoms with Gasteiger partial charge in [0.25, 0.3) is 0 Å². The molecule has 0 rings (SSSR count). The second kappa shape index (κ2) is 44.3. The van der Waals surface area contributed by atoms with E-state index in [1.165, 1.54) is 0 Å². The number of rotatable bonds is 0. The second-order valence-corrected chi connectivity index (χ2v) is 0. The smallest absolute Gasteiger partial charge is 0 e. The van der Waals surface area contributed by atoms with E-state index < -0.39 is 0 Å². The Hall–Kier alpha value is 4.95. The fourth-order valence-corrected chi connectivity index (χ4v) is 0. The summed E-state index contributed by atoms with van der Waals surface area (Å²) in [5.41, 5.74) is 0. The second-order valence-electron chi connectivity index (χ2n) is 0. The van der Waals surface area contributed by atoms with E-state index in [1.807, 2.05) is 0 Å². The zero-order chi connectivity index (χ0) is 0. The van der Waals surface area contributed by atoms with Crippen LogP contribution in [0.4, 0.5) is 0 Å². The Balaban J connectivity index is 0. The fourth-order valence-electron chi connectivity index (χ4n) is 0. The molecule has 0 spiro atoms. The van der Waals surface area contributed by atoms with Crippen molar-refractivity contribution in [2.75, 3.05) is 0 Å². The van der Waals surface area contributed by atoms with E-state index in [0.717, 1.165) is 0 Å². The average Bonchev–Trinajstić information content (AvgIpc) is 0. The molecule has 0 aromatic heterocycles. The molecule has 0 N–H and O–H groups in total. The van der Waals surface area contributed by atoms with Gasteiger partial charge in [-0.2, -0.15) is 0 Å². The van der Waals surface area contributed by atoms with Crippen molar-refractivity contribution in [3.8, 4) is 0 Å². The average molecular weight is 627 g/mol. The Morgan fingerprint density at radius 3 is 0.286 bits per heavy atom. The molecule has 0 aliphatic heterocycles. The van der Waals surface area contributed by atoms with Gasteiger partial charge >= 0.3 is 0 Å². The van der Waals surface area contributed by atoms with Gasteiger partial charge in [-0.05, 0) is 0 Å². The topological polar surface area (TPSA) is 0 Å². The van der Waals surface area contributed by atoms with Gasteiger partial charge in [-0.15, -0.1) is 0 Å². The summed E-state index contributed by atoms with van der Waals surface area (Å²) in [6, 6.07) is 0. The van der Waals surface area contributed by atoms with Crippen molar-refractivity contribution < 1.29 is 77.9 Å². The minimum Gasteiger partial charge on any atom is 0 e. The van der Waals surface area contributed by atoms with Crippen molar-refractivity contribution in [1.29, 1.82) is 0 Å². The first-order valence-corrected chi connectivity index (χ1v) is 0. The monoisotopic (exact) mass is 618 g/mol. The van der Waals surface area contributed by atoms with E-state index in [1.54, 1.807) is 0 Å². The van der Waals surface area contributed by atoms with Crippen LogP contribution in [-0.4, -0.2) is 73.3 Å². The molecule has 0 bridgehead atoms. The van der Waals surface area contributed by atoms with Gasteiger partial charge in [0.2, 0.25) is 0 Å². The molecule has 0 aromatic carbocycles. The maximum atomic E-state index is 0. The van der Waals surface area contributed by atoms with Crippen molar-refractivity contribution in [2.45, 2.75) is 0 Å². The Bertz CT molecular complexity index is 6.90. The molecule has 0 fully saturated rings. The van der Waals surface area contributed by atoms with Crippen LogP contribution in [-0.2, 0) is 77.9 Å². The molecule has 0 heterocycles. The predicted molar refractivity (Wildman–Crippen MR) is 17.3 cm³/mol. The zero-order valence-corrected chi connectivity index (χ0v) is 23.7. The Morgan fingerprint density at radius 2 is 0.286 bits per heavy atom. The van der Waals surface area contributed by atoms with Crippen LogP contribution in [0.2, 0.25) is 0 Å². The summed E-state index contributed by atoms with van der Waals surface area (Å²) in [6.45, 7) is 0. The molecule has 0 saturated carbocycles. The molecule has 7 heavy (non-hydrogen) atoms. The molecule has 0 nitrogen and oxygen atoms in total. The molecule has 0 unspecified atom stereocenters. The van der Waals surface area contributed by atoms with Crippen LogP contribution in [0.15, 0.2) is 0 Å². The standard InChI is InChI=1S/3Sb.4Zn. The minimum atomic E-state index is 0. The van der Waals surface area contributed by atoms with E-state index in [0.29, 0.717) is 0 Å². The minimum absolute atomic E-state index is 0. The molecule has 9 radical (unpaired) electrons. The van der Waals surface area contributed by atoms with Gasteiger partial charge in [-0.25, -0.2) is 0 Å². The van der Waals surface area contributed by atoms with Gasteiger partial charge in [0.1, 0.15) is 0 Å². The quantitative estimate of drug-likeness (QED) is 0.298. The van der Waals surface area contributed by atoms with Gasteiger partial charge in [0.15, 0.2) is 0 Å². The molecule has 7 heteroatoms. The third-order valence-corrected chi connectivity index (χ3v) is 0. The largest absolute Gasteiger partial charge is 0 e. The summed E-state index contributed by atoms with van der Waals surface area (Å²) < 4.78 is 0. The summed E-state index contributed by atoms with van der Waals surface area (Å²) >= 11 is 0. The summed E-state index contributed by atoms with van der Waals surface area (Å²) in [5, 5.41) is 0. The predicted octanol–water partition coefficient (Wildman–Crippen LogP) is -1.15.